The molecular weight excluding hydrogens is 352 g/mol. The van der Waals surface area contributed by atoms with Crippen LogP contribution in [0.25, 0.3) is 11.5 Å². The average molecular weight is 370 g/mol. The van der Waals surface area contributed by atoms with Crippen LogP contribution >= 0.6 is 11.3 Å². The Kier molecular flexibility index (Phi) is 4.81. The van der Waals surface area contributed by atoms with E-state index in [2.05, 4.69) is 10.3 Å². The topological polar surface area (TPSA) is 81.4 Å². The molecule has 1 fully saturated rings. The van der Waals surface area contributed by atoms with Crippen LogP contribution in [0.15, 0.2) is 46.6 Å². The number of ether oxygens (including phenoxy) is 1. The molecule has 1 N–H and O–H groups in total. The lowest BCUT2D eigenvalue weighted by atomic mass is 9.94. The number of amides is 1. The predicted octanol–water partition coefficient (Wildman–Crippen LogP) is 3.84. The van der Waals surface area contributed by atoms with Crippen molar-refractivity contribution in [1.29, 1.82) is 0 Å². The zero-order valence-corrected chi connectivity index (χ0v) is 14.9. The number of nitrogens with one attached hydrogen (secondary N) is 1. The van der Waals surface area contributed by atoms with Crippen LogP contribution in [0, 0.1) is 5.92 Å². The standard InChI is InChI=1S/C19H18N2O4S/c22-16(12-7-10-24-11-8-12)17-15(14-6-3-9-25-14)20-19(26-17)21-18(23)13-4-1-2-5-13/h1-4,6,9,12H,5,7-8,10-11H2,(H,20,21,23). The number of hydrogen-bond donors (Lipinski definition) is 1. The summed E-state index contributed by atoms with van der Waals surface area (Å²) in [6.07, 6.45) is 9.12. The number of thiazole rings is 1. The number of allylic oxidation sites excluding steroid dienone is 3. The van der Waals surface area contributed by atoms with Gasteiger partial charge in [-0.05, 0) is 31.4 Å². The molecule has 0 spiro atoms. The molecule has 2 aromatic rings. The molecule has 0 atom stereocenters. The van der Waals surface area contributed by atoms with Crippen molar-refractivity contribution in [3.63, 3.8) is 0 Å². The minimum Gasteiger partial charge on any atom is -0.463 e. The number of ketones is 1. The van der Waals surface area contributed by atoms with Crippen LogP contribution in [0.2, 0.25) is 0 Å². The van der Waals surface area contributed by atoms with Crippen LogP contribution in [0.4, 0.5) is 5.13 Å². The Morgan fingerprint density at radius 3 is 2.81 bits per heavy atom. The van der Waals surface area contributed by atoms with Gasteiger partial charge in [-0.1, -0.05) is 29.6 Å². The fourth-order valence-corrected chi connectivity index (χ4v) is 4.04. The lowest BCUT2D eigenvalue weighted by molar-refractivity contribution is -0.112. The van der Waals surface area contributed by atoms with Crippen molar-refractivity contribution in [3.05, 3.63) is 47.1 Å². The summed E-state index contributed by atoms with van der Waals surface area (Å²) in [4.78, 5) is 30.3. The van der Waals surface area contributed by atoms with Crippen LogP contribution in [0.5, 0.6) is 0 Å². The maximum absolute atomic E-state index is 13.0. The van der Waals surface area contributed by atoms with Gasteiger partial charge in [-0.15, -0.1) is 0 Å². The van der Waals surface area contributed by atoms with E-state index in [9.17, 15) is 9.59 Å². The largest absolute Gasteiger partial charge is 0.463 e. The van der Waals surface area contributed by atoms with Gasteiger partial charge in [0.1, 0.15) is 10.6 Å². The predicted molar refractivity (Wildman–Crippen MR) is 98.2 cm³/mol. The number of carbonyl (C=O) groups excluding carboxylic acids is 2. The van der Waals surface area contributed by atoms with Gasteiger partial charge in [-0.3, -0.25) is 14.9 Å². The van der Waals surface area contributed by atoms with Crippen LogP contribution in [0.1, 0.15) is 28.9 Å². The second kappa shape index (κ2) is 7.39. The molecular formula is C19H18N2O4S. The van der Waals surface area contributed by atoms with Crippen LogP contribution < -0.4 is 5.32 Å². The third-order valence-electron chi connectivity index (χ3n) is 4.48. The van der Waals surface area contributed by atoms with E-state index in [1.165, 1.54) is 11.3 Å². The highest BCUT2D eigenvalue weighted by Crippen LogP contribution is 2.35. The van der Waals surface area contributed by atoms with E-state index in [0.29, 0.717) is 59.5 Å². The molecule has 4 rings (SSSR count). The summed E-state index contributed by atoms with van der Waals surface area (Å²) in [5.74, 6) is 0.293. The number of rotatable bonds is 5. The van der Waals surface area contributed by atoms with E-state index in [1.54, 1.807) is 24.5 Å². The van der Waals surface area contributed by atoms with Gasteiger partial charge in [-0.2, -0.15) is 0 Å². The Balaban J connectivity index is 1.62. The Labute approximate surface area is 154 Å². The number of Topliss-reactive ketones (excluding diaryl/α,β-unsaturated/α-hetero) is 1. The third kappa shape index (κ3) is 3.40. The first-order valence-electron chi connectivity index (χ1n) is 8.56. The van der Waals surface area contributed by atoms with Gasteiger partial charge >= 0.3 is 0 Å². The summed E-state index contributed by atoms with van der Waals surface area (Å²) in [6.45, 7) is 1.19. The molecule has 1 saturated heterocycles. The number of furan rings is 1. The maximum atomic E-state index is 13.0. The number of aromatic nitrogens is 1. The van der Waals surface area contributed by atoms with Gasteiger partial charge in [0.05, 0.1) is 6.26 Å². The van der Waals surface area contributed by atoms with Crippen molar-refractivity contribution in [1.82, 2.24) is 4.98 Å². The van der Waals surface area contributed by atoms with Crippen molar-refractivity contribution in [2.45, 2.75) is 19.3 Å². The summed E-state index contributed by atoms with van der Waals surface area (Å²) < 4.78 is 10.8. The molecule has 2 aromatic heterocycles. The van der Waals surface area contributed by atoms with Crippen LogP contribution in [0.3, 0.4) is 0 Å². The van der Waals surface area contributed by atoms with E-state index in [0.717, 1.165) is 0 Å². The highest BCUT2D eigenvalue weighted by Gasteiger charge is 2.29. The second-order valence-corrected chi connectivity index (χ2v) is 7.20. The van der Waals surface area contributed by atoms with Gasteiger partial charge in [0.25, 0.3) is 5.91 Å². The summed E-state index contributed by atoms with van der Waals surface area (Å²) in [5, 5.41) is 3.21. The number of hydrogen-bond acceptors (Lipinski definition) is 6. The molecule has 2 aliphatic rings. The molecule has 0 aromatic carbocycles. The van der Waals surface area contributed by atoms with Crippen molar-refractivity contribution in [2.24, 2.45) is 5.92 Å². The van der Waals surface area contributed by atoms with Crippen molar-refractivity contribution < 1.29 is 18.7 Å². The van der Waals surface area contributed by atoms with E-state index in [1.807, 2.05) is 12.2 Å². The minimum atomic E-state index is -0.195. The minimum absolute atomic E-state index is 0.0412. The average Bonchev–Trinajstić information content (AvgIpc) is 3.42. The van der Waals surface area contributed by atoms with E-state index >= 15 is 0 Å². The molecule has 0 saturated carbocycles. The molecule has 6 nitrogen and oxygen atoms in total. The fourth-order valence-electron chi connectivity index (χ4n) is 3.06. The quantitative estimate of drug-likeness (QED) is 0.809. The monoisotopic (exact) mass is 370 g/mol. The number of anilines is 1. The Bertz CT molecular complexity index is 873. The van der Waals surface area contributed by atoms with Crippen molar-refractivity contribution in [2.75, 3.05) is 18.5 Å². The molecule has 0 bridgehead atoms. The highest BCUT2D eigenvalue weighted by molar-refractivity contribution is 7.18. The summed E-state index contributed by atoms with van der Waals surface area (Å²) in [5.41, 5.74) is 1.17. The number of nitrogens with zero attached hydrogens (tertiary/aromatic N) is 1. The SMILES string of the molecule is O=C(Nc1nc(-c2ccco2)c(C(=O)C2CCOCC2)s1)C1=CC=CC1. The summed E-state index contributed by atoms with van der Waals surface area (Å²) >= 11 is 1.21. The molecule has 7 heteroatoms. The Morgan fingerprint density at radius 2 is 2.12 bits per heavy atom. The lowest BCUT2D eigenvalue weighted by Gasteiger charge is -2.20. The summed E-state index contributed by atoms with van der Waals surface area (Å²) in [7, 11) is 0. The van der Waals surface area contributed by atoms with E-state index in [-0.39, 0.29) is 17.6 Å². The first-order chi connectivity index (χ1) is 12.7. The van der Waals surface area contributed by atoms with Crippen molar-refractivity contribution >= 4 is 28.2 Å². The van der Waals surface area contributed by atoms with Crippen LogP contribution in [-0.4, -0.2) is 29.9 Å². The fraction of sp³-hybridized carbons (Fsp3) is 0.316. The normalized spacial score (nSPS) is 17.3. The van der Waals surface area contributed by atoms with Gasteiger partial charge in [-0.25, -0.2) is 4.98 Å². The molecule has 1 amide bonds. The number of carbonyl (C=O) groups is 2. The maximum Gasteiger partial charge on any atom is 0.253 e. The van der Waals surface area contributed by atoms with Gasteiger partial charge in [0, 0.05) is 24.7 Å². The molecule has 1 aliphatic heterocycles. The smallest absolute Gasteiger partial charge is 0.253 e. The highest BCUT2D eigenvalue weighted by atomic mass is 32.1. The van der Waals surface area contributed by atoms with Gasteiger partial charge < -0.3 is 9.15 Å². The van der Waals surface area contributed by atoms with E-state index < -0.39 is 0 Å². The van der Waals surface area contributed by atoms with Gasteiger partial charge in [0.15, 0.2) is 16.7 Å². The molecule has 134 valence electrons. The van der Waals surface area contributed by atoms with Crippen molar-refractivity contribution in [3.8, 4) is 11.5 Å². The molecule has 3 heterocycles. The zero-order valence-electron chi connectivity index (χ0n) is 14.1. The van der Waals surface area contributed by atoms with Crippen LogP contribution in [-0.2, 0) is 9.53 Å². The summed E-state index contributed by atoms with van der Waals surface area (Å²) in [6, 6.07) is 3.52. The molecule has 0 radical (unpaired) electrons. The molecule has 0 unspecified atom stereocenters. The molecule has 1 aliphatic carbocycles. The van der Waals surface area contributed by atoms with E-state index in [4.69, 9.17) is 9.15 Å². The first-order valence-corrected chi connectivity index (χ1v) is 9.38. The second-order valence-electron chi connectivity index (χ2n) is 6.20. The Hall–Kier alpha value is -2.51. The lowest BCUT2D eigenvalue weighted by Crippen LogP contribution is -2.23. The zero-order chi connectivity index (χ0) is 17.9. The Morgan fingerprint density at radius 1 is 1.27 bits per heavy atom. The first kappa shape index (κ1) is 16.9. The molecule has 26 heavy (non-hydrogen) atoms. The van der Waals surface area contributed by atoms with Gasteiger partial charge in [0.2, 0.25) is 0 Å². The third-order valence-corrected chi connectivity index (χ3v) is 5.47.